The van der Waals surface area contributed by atoms with Crippen LogP contribution >= 0.6 is 0 Å². The summed E-state index contributed by atoms with van der Waals surface area (Å²) < 4.78 is 15.8. The molecular weight excluding hydrogens is 454 g/mol. The molecule has 0 saturated carbocycles. The van der Waals surface area contributed by atoms with E-state index in [2.05, 4.69) is 10.6 Å². The van der Waals surface area contributed by atoms with Crippen LogP contribution in [0.4, 0.5) is 0 Å². The Labute approximate surface area is 205 Å². The van der Waals surface area contributed by atoms with E-state index in [-0.39, 0.29) is 30.1 Å². The maximum absolute atomic E-state index is 13.5. The lowest BCUT2D eigenvalue weighted by Crippen LogP contribution is -2.56. The smallest absolute Gasteiger partial charge is 0.310 e. The van der Waals surface area contributed by atoms with Gasteiger partial charge in [-0.3, -0.25) is 19.2 Å². The first-order chi connectivity index (χ1) is 16.7. The Hall–Kier alpha value is -3.14. The van der Waals surface area contributed by atoms with Crippen LogP contribution in [0, 0.1) is 12.8 Å². The molecule has 1 aromatic carbocycles. The standard InChI is InChI=1S/C25H35N3O7/c1-6-34-25-17(13-20(29)35-25)26-23(31)18-10-8-12-28(18)24(32)21(14(2)3)27-22(30)16-9-7-11-19(33-5)15(16)4/h7,9,11,14,17-18,21,25H,6,8,10,12-13H2,1-5H3,(H,26,31)(H,27,30)/t17-,18-,21-,25+/m0/s1. The Bertz CT molecular complexity index is 964. The van der Waals surface area contributed by atoms with Gasteiger partial charge in [-0.2, -0.15) is 0 Å². The number of hydrogen-bond donors (Lipinski definition) is 2. The number of likely N-dealkylation sites (tertiary alicyclic amines) is 1. The number of ether oxygens (including phenoxy) is 3. The van der Waals surface area contributed by atoms with E-state index in [1.165, 1.54) is 12.0 Å². The van der Waals surface area contributed by atoms with Gasteiger partial charge in [0.15, 0.2) is 0 Å². The van der Waals surface area contributed by atoms with Gasteiger partial charge in [-0.15, -0.1) is 0 Å². The molecule has 2 fully saturated rings. The summed E-state index contributed by atoms with van der Waals surface area (Å²) in [5.74, 6) is -1.11. The summed E-state index contributed by atoms with van der Waals surface area (Å²) >= 11 is 0. The van der Waals surface area contributed by atoms with Crippen LogP contribution in [-0.4, -0.2) is 73.3 Å². The zero-order valence-corrected chi connectivity index (χ0v) is 21.0. The van der Waals surface area contributed by atoms with Gasteiger partial charge in [0.1, 0.15) is 23.9 Å². The lowest BCUT2D eigenvalue weighted by atomic mass is 10.0. The van der Waals surface area contributed by atoms with Crippen LogP contribution < -0.4 is 15.4 Å². The molecule has 192 valence electrons. The second-order valence-corrected chi connectivity index (χ2v) is 9.15. The fourth-order valence-electron chi connectivity index (χ4n) is 4.54. The largest absolute Gasteiger partial charge is 0.496 e. The molecule has 2 aliphatic rings. The molecule has 2 heterocycles. The first-order valence-corrected chi connectivity index (χ1v) is 12.0. The third-order valence-corrected chi connectivity index (χ3v) is 6.43. The normalized spacial score (nSPS) is 22.6. The highest BCUT2D eigenvalue weighted by Crippen LogP contribution is 2.24. The maximum atomic E-state index is 13.5. The topological polar surface area (TPSA) is 123 Å². The van der Waals surface area contributed by atoms with Crippen LogP contribution in [0.5, 0.6) is 5.75 Å². The van der Waals surface area contributed by atoms with Gasteiger partial charge in [0, 0.05) is 24.3 Å². The summed E-state index contributed by atoms with van der Waals surface area (Å²) in [6, 6.07) is 3.06. The minimum Gasteiger partial charge on any atom is -0.496 e. The molecule has 2 saturated heterocycles. The van der Waals surface area contributed by atoms with Gasteiger partial charge in [0.05, 0.1) is 13.5 Å². The van der Waals surface area contributed by atoms with Crippen LogP contribution in [0.3, 0.4) is 0 Å². The molecule has 0 aliphatic carbocycles. The number of nitrogens with zero attached hydrogens (tertiary/aromatic N) is 1. The molecule has 0 spiro atoms. The van der Waals surface area contributed by atoms with Gasteiger partial charge in [-0.1, -0.05) is 19.9 Å². The average Bonchev–Trinajstić information content (AvgIpc) is 3.44. The maximum Gasteiger partial charge on any atom is 0.310 e. The van der Waals surface area contributed by atoms with Gasteiger partial charge in [0.2, 0.25) is 18.1 Å². The molecule has 10 nitrogen and oxygen atoms in total. The summed E-state index contributed by atoms with van der Waals surface area (Å²) in [7, 11) is 1.53. The van der Waals surface area contributed by atoms with E-state index in [0.29, 0.717) is 42.9 Å². The molecule has 3 amide bonds. The monoisotopic (exact) mass is 489 g/mol. The van der Waals surface area contributed by atoms with E-state index >= 15 is 0 Å². The van der Waals surface area contributed by atoms with Crippen molar-refractivity contribution in [1.29, 1.82) is 0 Å². The van der Waals surface area contributed by atoms with Gasteiger partial charge < -0.3 is 29.7 Å². The minimum atomic E-state index is -0.837. The molecule has 1 aromatic rings. The molecule has 2 aliphatic heterocycles. The summed E-state index contributed by atoms with van der Waals surface area (Å²) in [6.45, 7) is 7.99. The number of nitrogens with one attached hydrogen (secondary N) is 2. The number of esters is 1. The number of amides is 3. The molecule has 4 atom stereocenters. The lowest BCUT2D eigenvalue weighted by molar-refractivity contribution is -0.164. The van der Waals surface area contributed by atoms with Crippen LogP contribution in [-0.2, 0) is 23.9 Å². The Morgan fingerprint density at radius 3 is 2.66 bits per heavy atom. The predicted octanol–water partition coefficient (Wildman–Crippen LogP) is 1.54. The fraction of sp³-hybridized carbons (Fsp3) is 0.600. The van der Waals surface area contributed by atoms with E-state index < -0.39 is 30.4 Å². The van der Waals surface area contributed by atoms with Gasteiger partial charge >= 0.3 is 5.97 Å². The lowest BCUT2D eigenvalue weighted by Gasteiger charge is -2.31. The first-order valence-electron chi connectivity index (χ1n) is 12.0. The van der Waals surface area contributed by atoms with Crippen molar-refractivity contribution >= 4 is 23.7 Å². The van der Waals surface area contributed by atoms with E-state index in [0.717, 1.165) is 0 Å². The molecule has 0 radical (unpaired) electrons. The second kappa shape index (κ2) is 11.5. The molecule has 0 bridgehead atoms. The van der Waals surface area contributed by atoms with Gasteiger partial charge in [-0.05, 0) is 44.7 Å². The first kappa shape index (κ1) is 26.5. The highest BCUT2D eigenvalue weighted by molar-refractivity contribution is 6.00. The van der Waals surface area contributed by atoms with E-state index in [4.69, 9.17) is 14.2 Å². The summed E-state index contributed by atoms with van der Waals surface area (Å²) in [4.78, 5) is 52.9. The number of methoxy groups -OCH3 is 1. The van der Waals surface area contributed by atoms with Crippen molar-refractivity contribution in [2.24, 2.45) is 5.92 Å². The molecule has 10 heteroatoms. The Morgan fingerprint density at radius 2 is 2.00 bits per heavy atom. The van der Waals surface area contributed by atoms with Crippen LogP contribution in [0.25, 0.3) is 0 Å². The SMILES string of the molecule is CCO[C@@H]1OC(=O)C[C@@H]1NC(=O)[C@@H]1CCCN1C(=O)[C@@H](NC(=O)c1cccc(OC)c1C)C(C)C. The van der Waals surface area contributed by atoms with Crippen LogP contribution in [0.2, 0.25) is 0 Å². The zero-order valence-electron chi connectivity index (χ0n) is 21.0. The number of benzene rings is 1. The zero-order chi connectivity index (χ0) is 25.7. The summed E-state index contributed by atoms with van der Waals surface area (Å²) in [6.07, 6.45) is 0.330. The summed E-state index contributed by atoms with van der Waals surface area (Å²) in [5.41, 5.74) is 1.10. The van der Waals surface area contributed by atoms with Crippen molar-refractivity contribution < 1.29 is 33.4 Å². The molecule has 0 aromatic heterocycles. The number of carbonyl (C=O) groups excluding carboxylic acids is 4. The fourth-order valence-corrected chi connectivity index (χ4v) is 4.54. The average molecular weight is 490 g/mol. The van der Waals surface area contributed by atoms with E-state index in [1.807, 2.05) is 13.8 Å². The highest BCUT2D eigenvalue weighted by Gasteiger charge is 2.42. The third-order valence-electron chi connectivity index (χ3n) is 6.43. The number of carbonyl (C=O) groups is 4. The Kier molecular flexibility index (Phi) is 8.71. The Balaban J connectivity index is 1.72. The van der Waals surface area contributed by atoms with Crippen molar-refractivity contribution in [2.45, 2.75) is 71.4 Å². The Morgan fingerprint density at radius 1 is 1.26 bits per heavy atom. The van der Waals surface area contributed by atoms with Crippen molar-refractivity contribution in [3.8, 4) is 5.75 Å². The molecule has 3 rings (SSSR count). The number of cyclic esters (lactones) is 1. The van der Waals surface area contributed by atoms with Gasteiger partial charge in [0.25, 0.3) is 5.91 Å². The number of rotatable bonds is 9. The van der Waals surface area contributed by atoms with Crippen molar-refractivity contribution in [1.82, 2.24) is 15.5 Å². The molecule has 0 unspecified atom stereocenters. The second-order valence-electron chi connectivity index (χ2n) is 9.15. The number of hydrogen-bond acceptors (Lipinski definition) is 7. The highest BCUT2D eigenvalue weighted by atomic mass is 16.7. The van der Waals surface area contributed by atoms with E-state index in [1.54, 1.807) is 32.0 Å². The molecule has 2 N–H and O–H groups in total. The quantitative estimate of drug-likeness (QED) is 0.505. The summed E-state index contributed by atoms with van der Waals surface area (Å²) in [5, 5.41) is 5.68. The van der Waals surface area contributed by atoms with Crippen molar-refractivity contribution in [3.63, 3.8) is 0 Å². The molecule has 35 heavy (non-hydrogen) atoms. The van der Waals surface area contributed by atoms with E-state index in [9.17, 15) is 19.2 Å². The third kappa shape index (κ3) is 5.93. The molecular formula is C25H35N3O7. The van der Waals surface area contributed by atoms with Crippen molar-refractivity contribution in [2.75, 3.05) is 20.3 Å². The predicted molar refractivity (Wildman–Crippen MR) is 127 cm³/mol. The van der Waals surface area contributed by atoms with Crippen molar-refractivity contribution in [3.05, 3.63) is 29.3 Å². The van der Waals surface area contributed by atoms with Gasteiger partial charge in [-0.25, -0.2) is 0 Å². The minimum absolute atomic E-state index is 0.0155. The van der Waals surface area contributed by atoms with Crippen LogP contribution in [0.1, 0.15) is 56.0 Å². The van der Waals surface area contributed by atoms with Crippen LogP contribution in [0.15, 0.2) is 18.2 Å².